The van der Waals surface area contributed by atoms with E-state index in [1.165, 1.54) is 32.1 Å². The molecule has 3 heteroatoms. The molecule has 3 nitrogen and oxygen atoms in total. The fourth-order valence-electron chi connectivity index (χ4n) is 2.44. The van der Waals surface area contributed by atoms with Crippen molar-refractivity contribution in [2.24, 2.45) is 5.92 Å². The van der Waals surface area contributed by atoms with E-state index >= 15 is 0 Å². The van der Waals surface area contributed by atoms with Crippen LogP contribution in [0, 0.1) is 5.92 Å². The fraction of sp³-hybridized carbons (Fsp3) is 0.923. The first-order chi connectivity index (χ1) is 7.79. The van der Waals surface area contributed by atoms with Crippen molar-refractivity contribution in [2.75, 3.05) is 13.2 Å². The second-order valence-electron chi connectivity index (χ2n) is 4.58. The van der Waals surface area contributed by atoms with Crippen molar-refractivity contribution >= 4 is 5.97 Å². The third-order valence-electron chi connectivity index (χ3n) is 3.28. The molecular formula is C13H25NO2. The normalized spacial score (nSPS) is 19.4. The monoisotopic (exact) mass is 227 g/mol. The molecule has 1 N–H and O–H groups in total. The highest BCUT2D eigenvalue weighted by atomic mass is 16.5. The molecule has 0 radical (unpaired) electrons. The molecule has 0 spiro atoms. The van der Waals surface area contributed by atoms with Crippen molar-refractivity contribution in [1.29, 1.82) is 0 Å². The Morgan fingerprint density at radius 2 is 2.00 bits per heavy atom. The third kappa shape index (κ3) is 4.12. The number of esters is 1. The van der Waals surface area contributed by atoms with Gasteiger partial charge in [-0.15, -0.1) is 0 Å². The van der Waals surface area contributed by atoms with Crippen molar-refractivity contribution in [2.45, 2.75) is 58.4 Å². The summed E-state index contributed by atoms with van der Waals surface area (Å²) >= 11 is 0. The number of carbonyl (C=O) groups is 1. The average molecular weight is 227 g/mol. The quantitative estimate of drug-likeness (QED) is 0.709. The lowest BCUT2D eigenvalue weighted by atomic mass is 9.84. The van der Waals surface area contributed by atoms with Crippen molar-refractivity contribution in [3.63, 3.8) is 0 Å². The SMILES string of the molecule is CCCNC(C(=O)OCC)C1CCCCC1. The van der Waals surface area contributed by atoms with E-state index in [9.17, 15) is 4.79 Å². The van der Waals surface area contributed by atoms with Gasteiger partial charge in [0.2, 0.25) is 0 Å². The fourth-order valence-corrected chi connectivity index (χ4v) is 2.44. The van der Waals surface area contributed by atoms with Crippen LogP contribution in [0.2, 0.25) is 0 Å². The Hall–Kier alpha value is -0.570. The van der Waals surface area contributed by atoms with E-state index in [0.29, 0.717) is 12.5 Å². The van der Waals surface area contributed by atoms with Gasteiger partial charge in [0.25, 0.3) is 0 Å². The van der Waals surface area contributed by atoms with Gasteiger partial charge in [-0.3, -0.25) is 4.79 Å². The van der Waals surface area contributed by atoms with Crippen LogP contribution in [-0.2, 0) is 9.53 Å². The molecule has 0 amide bonds. The van der Waals surface area contributed by atoms with Gasteiger partial charge in [0, 0.05) is 0 Å². The molecular weight excluding hydrogens is 202 g/mol. The van der Waals surface area contributed by atoms with Crippen LogP contribution in [0.5, 0.6) is 0 Å². The van der Waals surface area contributed by atoms with Crippen molar-refractivity contribution in [3.8, 4) is 0 Å². The maximum absolute atomic E-state index is 11.9. The zero-order valence-electron chi connectivity index (χ0n) is 10.6. The van der Waals surface area contributed by atoms with Crippen LogP contribution < -0.4 is 5.32 Å². The first-order valence-electron chi connectivity index (χ1n) is 6.69. The number of carbonyl (C=O) groups excluding carboxylic acids is 1. The van der Waals surface area contributed by atoms with Crippen LogP contribution in [0.25, 0.3) is 0 Å². The maximum Gasteiger partial charge on any atom is 0.323 e. The summed E-state index contributed by atoms with van der Waals surface area (Å²) in [6.45, 7) is 5.38. The second kappa shape index (κ2) is 7.66. The molecule has 0 aliphatic heterocycles. The van der Waals surface area contributed by atoms with Gasteiger partial charge in [-0.2, -0.15) is 0 Å². The Morgan fingerprint density at radius 1 is 1.31 bits per heavy atom. The van der Waals surface area contributed by atoms with Gasteiger partial charge in [0.05, 0.1) is 6.61 Å². The van der Waals surface area contributed by atoms with E-state index in [-0.39, 0.29) is 12.0 Å². The smallest absolute Gasteiger partial charge is 0.323 e. The summed E-state index contributed by atoms with van der Waals surface area (Å²) in [5.74, 6) is 0.433. The molecule has 0 saturated heterocycles. The first-order valence-corrected chi connectivity index (χ1v) is 6.69. The number of hydrogen-bond acceptors (Lipinski definition) is 3. The lowest BCUT2D eigenvalue weighted by Gasteiger charge is -2.29. The molecule has 1 rings (SSSR count). The van der Waals surface area contributed by atoms with Crippen LogP contribution >= 0.6 is 0 Å². The summed E-state index contributed by atoms with van der Waals surface area (Å²) < 4.78 is 5.15. The Labute approximate surface area is 98.9 Å². The number of nitrogens with one attached hydrogen (secondary N) is 1. The molecule has 94 valence electrons. The second-order valence-corrected chi connectivity index (χ2v) is 4.58. The molecule has 0 aromatic rings. The van der Waals surface area contributed by atoms with E-state index in [1.807, 2.05) is 6.92 Å². The zero-order chi connectivity index (χ0) is 11.8. The van der Waals surface area contributed by atoms with E-state index in [0.717, 1.165) is 13.0 Å². The highest BCUT2D eigenvalue weighted by molar-refractivity contribution is 5.76. The molecule has 1 fully saturated rings. The number of hydrogen-bond donors (Lipinski definition) is 1. The van der Waals surface area contributed by atoms with E-state index in [4.69, 9.17) is 4.74 Å². The summed E-state index contributed by atoms with van der Waals surface area (Å²) in [7, 11) is 0. The topological polar surface area (TPSA) is 38.3 Å². The van der Waals surface area contributed by atoms with E-state index in [2.05, 4.69) is 12.2 Å². The predicted octanol–water partition coefficient (Wildman–Crippen LogP) is 2.50. The molecule has 1 unspecified atom stereocenters. The minimum atomic E-state index is -0.0693. The highest BCUT2D eigenvalue weighted by Gasteiger charge is 2.29. The Balaban J connectivity index is 2.50. The lowest BCUT2D eigenvalue weighted by Crippen LogP contribution is -2.45. The maximum atomic E-state index is 11.9. The Morgan fingerprint density at radius 3 is 2.56 bits per heavy atom. The largest absolute Gasteiger partial charge is 0.465 e. The molecule has 0 bridgehead atoms. The number of ether oxygens (including phenoxy) is 1. The molecule has 1 aliphatic carbocycles. The van der Waals surface area contributed by atoms with Crippen molar-refractivity contribution in [1.82, 2.24) is 5.32 Å². The summed E-state index contributed by atoms with van der Waals surface area (Å²) in [6, 6.07) is -0.0693. The zero-order valence-corrected chi connectivity index (χ0v) is 10.6. The first kappa shape index (κ1) is 13.5. The summed E-state index contributed by atoms with van der Waals surface area (Å²) in [6.07, 6.45) is 7.23. The molecule has 16 heavy (non-hydrogen) atoms. The van der Waals surface area contributed by atoms with Gasteiger partial charge < -0.3 is 10.1 Å². The lowest BCUT2D eigenvalue weighted by molar-refractivity contribution is -0.147. The summed E-state index contributed by atoms with van der Waals surface area (Å²) in [5, 5.41) is 3.35. The van der Waals surface area contributed by atoms with E-state index in [1.54, 1.807) is 0 Å². The van der Waals surface area contributed by atoms with Gasteiger partial charge in [-0.25, -0.2) is 0 Å². The number of rotatable bonds is 6. The molecule has 1 saturated carbocycles. The van der Waals surface area contributed by atoms with Crippen molar-refractivity contribution in [3.05, 3.63) is 0 Å². The Bertz CT molecular complexity index is 200. The van der Waals surface area contributed by atoms with Gasteiger partial charge in [-0.1, -0.05) is 26.2 Å². The molecule has 1 aliphatic rings. The van der Waals surface area contributed by atoms with Gasteiger partial charge in [-0.05, 0) is 38.6 Å². The van der Waals surface area contributed by atoms with E-state index < -0.39 is 0 Å². The van der Waals surface area contributed by atoms with Crippen LogP contribution in [0.4, 0.5) is 0 Å². The Kier molecular flexibility index (Phi) is 6.46. The standard InChI is InChI=1S/C13H25NO2/c1-3-10-14-12(13(15)16-4-2)11-8-6-5-7-9-11/h11-12,14H,3-10H2,1-2H3. The van der Waals surface area contributed by atoms with Crippen LogP contribution in [-0.4, -0.2) is 25.2 Å². The molecule has 0 heterocycles. The summed E-state index contributed by atoms with van der Waals surface area (Å²) in [4.78, 5) is 11.9. The van der Waals surface area contributed by atoms with Crippen LogP contribution in [0.3, 0.4) is 0 Å². The minimum Gasteiger partial charge on any atom is -0.465 e. The minimum absolute atomic E-state index is 0.0529. The average Bonchev–Trinajstić information content (AvgIpc) is 2.31. The van der Waals surface area contributed by atoms with Crippen LogP contribution in [0.1, 0.15) is 52.4 Å². The highest BCUT2D eigenvalue weighted by Crippen LogP contribution is 2.27. The molecule has 0 aromatic carbocycles. The van der Waals surface area contributed by atoms with Crippen LogP contribution in [0.15, 0.2) is 0 Å². The predicted molar refractivity (Wildman–Crippen MR) is 65.3 cm³/mol. The van der Waals surface area contributed by atoms with Gasteiger partial charge in [0.1, 0.15) is 6.04 Å². The van der Waals surface area contributed by atoms with Gasteiger partial charge >= 0.3 is 5.97 Å². The van der Waals surface area contributed by atoms with Gasteiger partial charge in [0.15, 0.2) is 0 Å². The molecule has 1 atom stereocenters. The van der Waals surface area contributed by atoms with Crippen molar-refractivity contribution < 1.29 is 9.53 Å². The third-order valence-corrected chi connectivity index (χ3v) is 3.28. The summed E-state index contributed by atoms with van der Waals surface area (Å²) in [5.41, 5.74) is 0. The molecule has 0 aromatic heterocycles.